The molecule has 0 saturated heterocycles. The number of Topliss-reactive ketones (excluding diaryl/α,β-unsaturated/α-hetero) is 1. The van der Waals surface area contributed by atoms with Gasteiger partial charge in [-0.3, -0.25) is 4.79 Å². The second-order valence-electron chi connectivity index (χ2n) is 5.89. The van der Waals surface area contributed by atoms with E-state index in [9.17, 15) is 4.79 Å². The maximum absolute atomic E-state index is 12.6. The first kappa shape index (κ1) is 13.3. The van der Waals surface area contributed by atoms with E-state index in [2.05, 4.69) is 11.9 Å². The lowest BCUT2D eigenvalue weighted by molar-refractivity contribution is -0.126. The smallest absolute Gasteiger partial charge is 0.155 e. The normalized spacial score (nSPS) is 23.1. The highest BCUT2D eigenvalue weighted by Crippen LogP contribution is 2.33. The van der Waals surface area contributed by atoms with Gasteiger partial charge in [0.15, 0.2) is 5.78 Å². The standard InChI is InChI=1S/C17H22N2O/c1-2-13-7-3-4-8-14(13)17(20)11-19-12-18-15-9-5-6-10-16(15)19/h5-6,9-10,12-14H,2-4,7-8,11H2,1H3. The van der Waals surface area contributed by atoms with Crippen LogP contribution in [-0.4, -0.2) is 15.3 Å². The average molecular weight is 270 g/mol. The summed E-state index contributed by atoms with van der Waals surface area (Å²) in [6.45, 7) is 2.69. The Kier molecular flexibility index (Phi) is 3.86. The number of hydrogen-bond acceptors (Lipinski definition) is 2. The molecule has 1 aliphatic rings. The second-order valence-corrected chi connectivity index (χ2v) is 5.89. The molecule has 0 aliphatic heterocycles. The molecule has 3 nitrogen and oxygen atoms in total. The van der Waals surface area contributed by atoms with E-state index in [4.69, 9.17) is 0 Å². The highest BCUT2D eigenvalue weighted by molar-refractivity contribution is 5.83. The van der Waals surface area contributed by atoms with Gasteiger partial charge in [0.1, 0.15) is 0 Å². The van der Waals surface area contributed by atoms with Crippen molar-refractivity contribution in [3.63, 3.8) is 0 Å². The summed E-state index contributed by atoms with van der Waals surface area (Å²) in [4.78, 5) is 17.0. The molecule has 106 valence electrons. The summed E-state index contributed by atoms with van der Waals surface area (Å²) in [5.41, 5.74) is 2.03. The van der Waals surface area contributed by atoms with E-state index in [0.717, 1.165) is 23.9 Å². The van der Waals surface area contributed by atoms with Crippen molar-refractivity contribution in [1.29, 1.82) is 0 Å². The molecule has 3 rings (SSSR count). The minimum atomic E-state index is 0.259. The number of para-hydroxylation sites is 2. The Morgan fingerprint density at radius 3 is 2.95 bits per heavy atom. The summed E-state index contributed by atoms with van der Waals surface area (Å²) in [6.07, 6.45) is 7.71. The molecule has 0 amide bonds. The van der Waals surface area contributed by atoms with E-state index in [-0.39, 0.29) is 5.92 Å². The molecule has 1 aliphatic carbocycles. The van der Waals surface area contributed by atoms with E-state index < -0.39 is 0 Å². The lowest BCUT2D eigenvalue weighted by Crippen LogP contribution is -2.29. The van der Waals surface area contributed by atoms with E-state index in [1.165, 1.54) is 19.3 Å². The zero-order valence-electron chi connectivity index (χ0n) is 12.1. The van der Waals surface area contributed by atoms with Crippen molar-refractivity contribution in [3.8, 4) is 0 Å². The van der Waals surface area contributed by atoms with Gasteiger partial charge in [-0.05, 0) is 30.9 Å². The number of fused-ring (bicyclic) bond motifs is 1. The summed E-state index contributed by atoms with van der Waals surface area (Å²) in [5.74, 6) is 1.24. The lowest BCUT2D eigenvalue weighted by atomic mass is 9.75. The third-order valence-corrected chi connectivity index (χ3v) is 4.70. The van der Waals surface area contributed by atoms with Crippen LogP contribution in [0.3, 0.4) is 0 Å². The fourth-order valence-corrected chi connectivity index (χ4v) is 3.54. The number of rotatable bonds is 4. The van der Waals surface area contributed by atoms with Crippen molar-refractivity contribution in [1.82, 2.24) is 9.55 Å². The fraction of sp³-hybridized carbons (Fsp3) is 0.529. The highest BCUT2D eigenvalue weighted by Gasteiger charge is 2.29. The van der Waals surface area contributed by atoms with Crippen LogP contribution in [0, 0.1) is 11.8 Å². The number of aromatic nitrogens is 2. The first-order valence-corrected chi connectivity index (χ1v) is 7.72. The van der Waals surface area contributed by atoms with Crippen molar-refractivity contribution >= 4 is 16.8 Å². The first-order valence-electron chi connectivity index (χ1n) is 7.72. The number of imidazole rings is 1. The molecule has 2 aromatic rings. The summed E-state index contributed by atoms with van der Waals surface area (Å²) < 4.78 is 2.00. The van der Waals surface area contributed by atoms with Crippen LogP contribution in [0.1, 0.15) is 39.0 Å². The molecule has 1 fully saturated rings. The van der Waals surface area contributed by atoms with Gasteiger partial charge in [0.25, 0.3) is 0 Å². The number of carbonyl (C=O) groups is 1. The van der Waals surface area contributed by atoms with Gasteiger partial charge in [-0.2, -0.15) is 0 Å². The third-order valence-electron chi connectivity index (χ3n) is 4.70. The van der Waals surface area contributed by atoms with Crippen LogP contribution in [0.15, 0.2) is 30.6 Å². The monoisotopic (exact) mass is 270 g/mol. The van der Waals surface area contributed by atoms with Gasteiger partial charge in [-0.25, -0.2) is 4.98 Å². The van der Waals surface area contributed by atoms with Crippen LogP contribution in [0.25, 0.3) is 11.0 Å². The molecule has 1 heterocycles. The zero-order chi connectivity index (χ0) is 13.9. The SMILES string of the molecule is CCC1CCCCC1C(=O)Cn1cnc2ccccc21. The van der Waals surface area contributed by atoms with Gasteiger partial charge >= 0.3 is 0 Å². The van der Waals surface area contributed by atoms with Crippen molar-refractivity contribution in [2.45, 2.75) is 45.6 Å². The Bertz CT molecular complexity index is 602. The fourth-order valence-electron chi connectivity index (χ4n) is 3.54. The average Bonchev–Trinajstić information content (AvgIpc) is 2.90. The predicted octanol–water partition coefficient (Wildman–Crippen LogP) is 3.82. The predicted molar refractivity (Wildman–Crippen MR) is 80.5 cm³/mol. The number of benzene rings is 1. The zero-order valence-corrected chi connectivity index (χ0v) is 12.1. The Morgan fingerprint density at radius 1 is 1.30 bits per heavy atom. The summed E-state index contributed by atoms with van der Waals surface area (Å²) in [6, 6.07) is 8.01. The van der Waals surface area contributed by atoms with Gasteiger partial charge in [0.2, 0.25) is 0 Å². The molecule has 0 N–H and O–H groups in total. The van der Waals surface area contributed by atoms with Crippen LogP contribution in [-0.2, 0) is 11.3 Å². The maximum Gasteiger partial charge on any atom is 0.155 e. The lowest BCUT2D eigenvalue weighted by Gasteiger charge is -2.29. The van der Waals surface area contributed by atoms with Crippen LogP contribution < -0.4 is 0 Å². The van der Waals surface area contributed by atoms with Crippen molar-refractivity contribution < 1.29 is 4.79 Å². The molecule has 3 heteroatoms. The summed E-state index contributed by atoms with van der Waals surface area (Å²) in [7, 11) is 0. The van der Waals surface area contributed by atoms with Gasteiger partial charge in [-0.1, -0.05) is 38.3 Å². The minimum Gasteiger partial charge on any atom is -0.323 e. The molecule has 0 spiro atoms. The van der Waals surface area contributed by atoms with Crippen molar-refractivity contribution in [2.75, 3.05) is 0 Å². The second kappa shape index (κ2) is 5.78. The van der Waals surface area contributed by atoms with Gasteiger partial charge in [0.05, 0.1) is 23.9 Å². The summed E-state index contributed by atoms with van der Waals surface area (Å²) in [5, 5.41) is 0. The topological polar surface area (TPSA) is 34.9 Å². The van der Waals surface area contributed by atoms with Gasteiger partial charge in [0, 0.05) is 5.92 Å². The number of carbonyl (C=O) groups excluding carboxylic acids is 1. The number of ketones is 1. The molecule has 0 radical (unpaired) electrons. The molecule has 2 unspecified atom stereocenters. The summed E-state index contributed by atoms with van der Waals surface area (Å²) >= 11 is 0. The Hall–Kier alpha value is -1.64. The molecule has 1 aromatic carbocycles. The molecular formula is C17H22N2O. The quantitative estimate of drug-likeness (QED) is 0.846. The number of nitrogens with zero attached hydrogens (tertiary/aromatic N) is 2. The first-order chi connectivity index (χ1) is 9.79. The molecule has 1 aromatic heterocycles. The van der Waals surface area contributed by atoms with E-state index >= 15 is 0 Å². The minimum absolute atomic E-state index is 0.259. The van der Waals surface area contributed by atoms with E-state index in [1.807, 2.05) is 28.8 Å². The Morgan fingerprint density at radius 2 is 2.10 bits per heavy atom. The Labute approximate surface area is 120 Å². The maximum atomic E-state index is 12.6. The van der Waals surface area contributed by atoms with E-state index in [0.29, 0.717) is 18.2 Å². The van der Waals surface area contributed by atoms with Crippen LogP contribution in [0.5, 0.6) is 0 Å². The molecule has 20 heavy (non-hydrogen) atoms. The van der Waals surface area contributed by atoms with Crippen molar-refractivity contribution in [3.05, 3.63) is 30.6 Å². The largest absolute Gasteiger partial charge is 0.323 e. The van der Waals surface area contributed by atoms with E-state index in [1.54, 1.807) is 6.33 Å². The van der Waals surface area contributed by atoms with Gasteiger partial charge in [-0.15, -0.1) is 0 Å². The van der Waals surface area contributed by atoms with Crippen molar-refractivity contribution in [2.24, 2.45) is 11.8 Å². The molecule has 1 saturated carbocycles. The highest BCUT2D eigenvalue weighted by atomic mass is 16.1. The van der Waals surface area contributed by atoms with Crippen LogP contribution in [0.4, 0.5) is 0 Å². The third kappa shape index (κ3) is 2.49. The Balaban J connectivity index is 1.78. The molecule has 2 atom stereocenters. The molecular weight excluding hydrogens is 248 g/mol. The van der Waals surface area contributed by atoms with Crippen LogP contribution in [0.2, 0.25) is 0 Å². The number of hydrogen-bond donors (Lipinski definition) is 0. The van der Waals surface area contributed by atoms with Crippen LogP contribution >= 0.6 is 0 Å². The van der Waals surface area contributed by atoms with Gasteiger partial charge < -0.3 is 4.57 Å². The molecule has 0 bridgehead atoms.